The van der Waals surface area contributed by atoms with Crippen LogP contribution in [0.3, 0.4) is 0 Å². The van der Waals surface area contributed by atoms with Crippen LogP contribution in [-0.2, 0) is 10.3 Å². The molecule has 1 aliphatic rings. The van der Waals surface area contributed by atoms with Crippen molar-refractivity contribution in [2.45, 2.75) is 36.8 Å². The molecule has 1 saturated carbocycles. The van der Waals surface area contributed by atoms with Crippen molar-refractivity contribution < 1.29 is 4.79 Å². The Morgan fingerprint density at radius 3 is 2.50 bits per heavy atom. The van der Waals surface area contributed by atoms with Gasteiger partial charge in [0.05, 0.1) is 11.1 Å². The molecule has 1 aromatic rings. The van der Waals surface area contributed by atoms with Gasteiger partial charge in [0.15, 0.2) is 0 Å². The fraction of sp³-hybridized carbons (Fsp3) is 0.667. The fourth-order valence-electron chi connectivity index (χ4n) is 3.44. The number of nitrogens with one attached hydrogen (secondary N) is 2. The number of thiophene rings is 1. The molecule has 2 rings (SSSR count). The molecule has 1 aliphatic carbocycles. The second-order valence-electron chi connectivity index (χ2n) is 5.98. The van der Waals surface area contributed by atoms with Crippen molar-refractivity contribution >= 4 is 17.7 Å². The second-order valence-corrected chi connectivity index (χ2v) is 6.92. The number of hydrogen-bond acceptors (Lipinski definition) is 4. The van der Waals surface area contributed by atoms with Crippen LogP contribution in [0.5, 0.6) is 0 Å². The molecular formula is C15H25N3OS. The Morgan fingerprint density at radius 2 is 2.05 bits per heavy atom. The highest BCUT2D eigenvalue weighted by atomic mass is 32.1. The number of amides is 1. The lowest BCUT2D eigenvalue weighted by molar-refractivity contribution is -0.112. The van der Waals surface area contributed by atoms with E-state index in [0.29, 0.717) is 0 Å². The molecule has 0 radical (unpaired) electrons. The third-order valence-corrected chi connectivity index (χ3v) is 5.81. The molecule has 112 valence electrons. The van der Waals surface area contributed by atoms with Gasteiger partial charge in [-0.05, 0) is 58.3 Å². The van der Waals surface area contributed by atoms with E-state index in [0.717, 1.165) is 38.6 Å². The predicted octanol–water partition coefficient (Wildman–Crippen LogP) is 1.78. The molecule has 0 saturated heterocycles. The third kappa shape index (κ3) is 2.75. The topological polar surface area (TPSA) is 44.4 Å². The van der Waals surface area contributed by atoms with E-state index in [2.05, 4.69) is 47.1 Å². The maximum absolute atomic E-state index is 10.9. The Morgan fingerprint density at radius 1 is 1.35 bits per heavy atom. The van der Waals surface area contributed by atoms with Gasteiger partial charge in [-0.1, -0.05) is 6.07 Å². The summed E-state index contributed by atoms with van der Waals surface area (Å²) in [6.07, 6.45) is 5.00. The summed E-state index contributed by atoms with van der Waals surface area (Å²) in [4.78, 5) is 14.7. The molecule has 0 spiro atoms. The number of hydrogen-bond donors (Lipinski definition) is 2. The van der Waals surface area contributed by atoms with Crippen LogP contribution < -0.4 is 10.6 Å². The van der Waals surface area contributed by atoms with Crippen LogP contribution in [0, 0.1) is 0 Å². The smallest absolute Gasteiger partial charge is 0.207 e. The van der Waals surface area contributed by atoms with E-state index in [-0.39, 0.29) is 11.1 Å². The maximum atomic E-state index is 10.9. The van der Waals surface area contributed by atoms with Crippen molar-refractivity contribution in [2.75, 3.05) is 27.7 Å². The summed E-state index contributed by atoms with van der Waals surface area (Å²) < 4.78 is 0. The van der Waals surface area contributed by atoms with E-state index in [1.807, 2.05) is 18.4 Å². The number of carbonyl (C=O) groups excluding carboxylic acids is 1. The Labute approximate surface area is 125 Å². The monoisotopic (exact) mass is 295 g/mol. The van der Waals surface area contributed by atoms with Gasteiger partial charge in [-0.3, -0.25) is 9.69 Å². The fourth-order valence-corrected chi connectivity index (χ4v) is 4.50. The van der Waals surface area contributed by atoms with Gasteiger partial charge in [0.1, 0.15) is 0 Å². The number of likely N-dealkylation sites (N-methyl/N-ethyl adjacent to an activating group) is 1. The van der Waals surface area contributed by atoms with Crippen LogP contribution in [0.4, 0.5) is 0 Å². The first-order valence-electron chi connectivity index (χ1n) is 7.16. The third-order valence-electron chi connectivity index (χ3n) is 4.75. The highest BCUT2D eigenvalue weighted by Gasteiger charge is 2.45. The minimum absolute atomic E-state index is 0.0900. The lowest BCUT2D eigenvalue weighted by Crippen LogP contribution is -2.57. The summed E-state index contributed by atoms with van der Waals surface area (Å²) in [6.45, 7) is 0.833. The number of rotatable bonds is 6. The van der Waals surface area contributed by atoms with Gasteiger partial charge in [-0.15, -0.1) is 11.3 Å². The average molecular weight is 295 g/mol. The number of carbonyl (C=O) groups is 1. The van der Waals surface area contributed by atoms with Gasteiger partial charge in [-0.2, -0.15) is 0 Å². The second kappa shape index (κ2) is 6.24. The SMILES string of the molecule is CNCC1(NC=O)CCC(c2cccs2)(N(C)C)CC1. The molecule has 0 unspecified atom stereocenters. The Hall–Kier alpha value is -0.910. The highest BCUT2D eigenvalue weighted by molar-refractivity contribution is 7.10. The van der Waals surface area contributed by atoms with Crippen molar-refractivity contribution in [1.82, 2.24) is 15.5 Å². The highest BCUT2D eigenvalue weighted by Crippen LogP contribution is 2.45. The van der Waals surface area contributed by atoms with E-state index >= 15 is 0 Å². The van der Waals surface area contributed by atoms with Gasteiger partial charge < -0.3 is 10.6 Å². The van der Waals surface area contributed by atoms with E-state index in [9.17, 15) is 4.79 Å². The largest absolute Gasteiger partial charge is 0.352 e. The predicted molar refractivity (Wildman–Crippen MR) is 84.0 cm³/mol. The first-order valence-corrected chi connectivity index (χ1v) is 8.04. The molecule has 1 amide bonds. The molecule has 2 N–H and O–H groups in total. The standard InChI is InChI=1S/C15H25N3OS/c1-16-11-14(17-12-19)6-8-15(9-7-14,18(2)3)13-5-4-10-20-13/h4-5,10,12,16H,6-9,11H2,1-3H3,(H,17,19). The van der Waals surface area contributed by atoms with E-state index < -0.39 is 0 Å². The summed E-state index contributed by atoms with van der Waals surface area (Å²) in [6, 6.07) is 4.37. The van der Waals surface area contributed by atoms with Crippen LogP contribution >= 0.6 is 11.3 Å². The molecule has 0 atom stereocenters. The summed E-state index contributed by atoms with van der Waals surface area (Å²) >= 11 is 1.84. The Balaban J connectivity index is 2.20. The Kier molecular flexibility index (Phi) is 4.83. The van der Waals surface area contributed by atoms with E-state index in [4.69, 9.17) is 0 Å². The average Bonchev–Trinajstić information content (AvgIpc) is 2.94. The van der Waals surface area contributed by atoms with Crippen LogP contribution in [-0.4, -0.2) is 44.5 Å². The van der Waals surface area contributed by atoms with Crippen LogP contribution in [0.1, 0.15) is 30.6 Å². The van der Waals surface area contributed by atoms with E-state index in [1.165, 1.54) is 4.88 Å². The zero-order chi connectivity index (χ0) is 14.6. The zero-order valence-electron chi connectivity index (χ0n) is 12.6. The normalized spacial score (nSPS) is 30.4. The molecule has 20 heavy (non-hydrogen) atoms. The molecule has 1 fully saturated rings. The van der Waals surface area contributed by atoms with Crippen molar-refractivity contribution in [3.05, 3.63) is 22.4 Å². The van der Waals surface area contributed by atoms with Gasteiger partial charge in [0.2, 0.25) is 6.41 Å². The molecule has 0 aliphatic heterocycles. The van der Waals surface area contributed by atoms with Gasteiger partial charge in [0, 0.05) is 11.4 Å². The minimum Gasteiger partial charge on any atom is -0.352 e. The summed E-state index contributed by atoms with van der Waals surface area (Å²) in [5, 5.41) is 8.44. The van der Waals surface area contributed by atoms with Crippen molar-refractivity contribution in [2.24, 2.45) is 0 Å². The molecular weight excluding hydrogens is 270 g/mol. The van der Waals surface area contributed by atoms with Crippen molar-refractivity contribution in [3.8, 4) is 0 Å². The zero-order valence-corrected chi connectivity index (χ0v) is 13.4. The first-order chi connectivity index (χ1) is 9.58. The van der Waals surface area contributed by atoms with Gasteiger partial charge >= 0.3 is 0 Å². The summed E-state index contributed by atoms with van der Waals surface area (Å²) in [7, 11) is 6.27. The summed E-state index contributed by atoms with van der Waals surface area (Å²) in [5.74, 6) is 0. The molecule has 0 aromatic carbocycles. The van der Waals surface area contributed by atoms with Gasteiger partial charge in [-0.25, -0.2) is 0 Å². The molecule has 1 aromatic heterocycles. The van der Waals surface area contributed by atoms with Crippen LogP contribution in [0.15, 0.2) is 17.5 Å². The first kappa shape index (κ1) is 15.5. The van der Waals surface area contributed by atoms with Crippen molar-refractivity contribution in [3.63, 3.8) is 0 Å². The quantitative estimate of drug-likeness (QED) is 0.786. The van der Waals surface area contributed by atoms with Crippen molar-refractivity contribution in [1.29, 1.82) is 0 Å². The summed E-state index contributed by atoms with van der Waals surface area (Å²) in [5.41, 5.74) is 0.0310. The van der Waals surface area contributed by atoms with Gasteiger partial charge in [0.25, 0.3) is 0 Å². The lowest BCUT2D eigenvalue weighted by atomic mass is 9.71. The van der Waals surface area contributed by atoms with Crippen LogP contribution in [0.2, 0.25) is 0 Å². The van der Waals surface area contributed by atoms with Crippen LogP contribution in [0.25, 0.3) is 0 Å². The molecule has 0 bridgehead atoms. The minimum atomic E-state index is -0.0900. The van der Waals surface area contributed by atoms with E-state index in [1.54, 1.807) is 0 Å². The lowest BCUT2D eigenvalue weighted by Gasteiger charge is -2.49. The number of nitrogens with zero attached hydrogens (tertiary/aromatic N) is 1. The molecule has 4 nitrogen and oxygen atoms in total. The molecule has 5 heteroatoms. The maximum Gasteiger partial charge on any atom is 0.207 e. The molecule has 1 heterocycles. The Bertz CT molecular complexity index is 422.